The summed E-state index contributed by atoms with van der Waals surface area (Å²) in [5.41, 5.74) is 0.317. The summed E-state index contributed by atoms with van der Waals surface area (Å²) >= 11 is 6.20. The van der Waals surface area contributed by atoms with Crippen LogP contribution in [0.3, 0.4) is 0 Å². The lowest BCUT2D eigenvalue weighted by Gasteiger charge is -2.32. The number of rotatable bonds is 1. The van der Waals surface area contributed by atoms with Crippen molar-refractivity contribution in [2.24, 2.45) is 0 Å². The van der Waals surface area contributed by atoms with Gasteiger partial charge in [0.15, 0.2) is 0 Å². The molecule has 1 heterocycles. The van der Waals surface area contributed by atoms with Crippen molar-refractivity contribution < 1.29 is 9.31 Å². The topological polar surface area (TPSA) is 22.8 Å². The van der Waals surface area contributed by atoms with Crippen molar-refractivity contribution >= 4 is 29.9 Å². The Balaban J connectivity index is 2.39. The number of halogens is 1. The molecule has 0 radical (unpaired) electrons. The van der Waals surface area contributed by atoms with Crippen LogP contribution in [0.1, 0.15) is 27.7 Å². The van der Waals surface area contributed by atoms with E-state index in [1.807, 2.05) is 33.8 Å². The van der Waals surface area contributed by atoms with Crippen LogP contribution in [-0.4, -0.2) is 18.3 Å². The molecule has 0 bridgehead atoms. The Labute approximate surface area is 113 Å². The van der Waals surface area contributed by atoms with E-state index in [0.717, 1.165) is 0 Å². The molecule has 0 saturated carbocycles. The standard InChI is InChI=1S/C13H15BClNO2/c1-12(2)13(3,4)18-14(17-12)9-7-6-8-10(16-5)11(9)15/h6-8H,1-4H3. The number of benzene rings is 1. The third-order valence-corrected chi connectivity index (χ3v) is 4.05. The van der Waals surface area contributed by atoms with Crippen LogP contribution in [-0.2, 0) is 9.31 Å². The molecular formula is C13H15BClNO2. The maximum absolute atomic E-state index is 7.07. The van der Waals surface area contributed by atoms with Crippen molar-refractivity contribution in [2.75, 3.05) is 0 Å². The van der Waals surface area contributed by atoms with E-state index in [-0.39, 0.29) is 0 Å². The highest BCUT2D eigenvalue weighted by Gasteiger charge is 2.52. The molecule has 18 heavy (non-hydrogen) atoms. The zero-order valence-corrected chi connectivity index (χ0v) is 11.7. The highest BCUT2D eigenvalue weighted by atomic mass is 35.5. The maximum atomic E-state index is 7.07. The van der Waals surface area contributed by atoms with Crippen LogP contribution < -0.4 is 5.46 Å². The average molecular weight is 264 g/mol. The molecule has 1 aromatic carbocycles. The summed E-state index contributed by atoms with van der Waals surface area (Å²) in [7, 11) is -0.524. The van der Waals surface area contributed by atoms with E-state index in [9.17, 15) is 0 Å². The smallest absolute Gasteiger partial charge is 0.399 e. The zero-order chi connectivity index (χ0) is 13.6. The molecule has 0 aliphatic carbocycles. The van der Waals surface area contributed by atoms with Crippen LogP contribution in [0.25, 0.3) is 4.85 Å². The van der Waals surface area contributed by atoms with E-state index < -0.39 is 18.3 Å². The summed E-state index contributed by atoms with van der Waals surface area (Å²) in [6.45, 7) is 15.0. The van der Waals surface area contributed by atoms with Gasteiger partial charge >= 0.3 is 7.12 Å². The zero-order valence-electron chi connectivity index (χ0n) is 11.0. The first kappa shape index (κ1) is 13.4. The van der Waals surface area contributed by atoms with E-state index in [4.69, 9.17) is 27.5 Å². The maximum Gasteiger partial charge on any atom is 0.495 e. The third-order valence-electron chi connectivity index (χ3n) is 3.64. The second-order valence-corrected chi connectivity index (χ2v) is 5.76. The number of hydrogen-bond acceptors (Lipinski definition) is 2. The average Bonchev–Trinajstić information content (AvgIpc) is 2.48. The Bertz CT molecular complexity index is 506. The second-order valence-electron chi connectivity index (χ2n) is 5.38. The highest BCUT2D eigenvalue weighted by molar-refractivity contribution is 6.66. The van der Waals surface area contributed by atoms with Crippen molar-refractivity contribution in [3.8, 4) is 0 Å². The molecule has 0 atom stereocenters. The van der Waals surface area contributed by atoms with E-state index in [0.29, 0.717) is 16.2 Å². The van der Waals surface area contributed by atoms with Gasteiger partial charge in [-0.25, -0.2) is 4.85 Å². The van der Waals surface area contributed by atoms with Crippen molar-refractivity contribution in [2.45, 2.75) is 38.9 Å². The number of hydrogen-bond donors (Lipinski definition) is 0. The lowest BCUT2D eigenvalue weighted by Crippen LogP contribution is -2.41. The quantitative estimate of drug-likeness (QED) is 0.574. The molecule has 1 saturated heterocycles. The SMILES string of the molecule is [C-]#[N+]c1cccc(B2OC(C)(C)C(C)(C)O2)c1Cl. The Hall–Kier alpha value is -1.02. The van der Waals surface area contributed by atoms with Gasteiger partial charge < -0.3 is 9.31 Å². The largest absolute Gasteiger partial charge is 0.495 e. The Morgan fingerprint density at radius 1 is 1.17 bits per heavy atom. The van der Waals surface area contributed by atoms with Crippen molar-refractivity contribution in [1.82, 2.24) is 0 Å². The van der Waals surface area contributed by atoms with Gasteiger partial charge in [-0.1, -0.05) is 29.8 Å². The predicted molar refractivity (Wildman–Crippen MR) is 73.4 cm³/mol. The fourth-order valence-corrected chi connectivity index (χ4v) is 2.03. The van der Waals surface area contributed by atoms with Crippen LogP contribution >= 0.6 is 11.6 Å². The Morgan fingerprint density at radius 2 is 1.72 bits per heavy atom. The van der Waals surface area contributed by atoms with Crippen LogP contribution in [0, 0.1) is 6.57 Å². The molecule has 0 aromatic heterocycles. The molecule has 1 aromatic rings. The van der Waals surface area contributed by atoms with Gasteiger partial charge in [0.1, 0.15) is 0 Å². The molecule has 0 spiro atoms. The molecule has 94 valence electrons. The first-order chi connectivity index (χ1) is 8.28. The van der Waals surface area contributed by atoms with Gasteiger partial charge in [-0.05, 0) is 33.2 Å². The van der Waals surface area contributed by atoms with Gasteiger partial charge in [0.2, 0.25) is 5.69 Å². The predicted octanol–water partition coefficient (Wildman–Crippen LogP) is 3.19. The molecule has 1 fully saturated rings. The van der Waals surface area contributed by atoms with E-state index in [1.54, 1.807) is 12.1 Å². The lowest BCUT2D eigenvalue weighted by atomic mass is 9.79. The van der Waals surface area contributed by atoms with Crippen LogP contribution in [0.15, 0.2) is 18.2 Å². The number of nitrogens with zero attached hydrogens (tertiary/aromatic N) is 1. The van der Waals surface area contributed by atoms with E-state index >= 15 is 0 Å². The second kappa shape index (κ2) is 4.27. The molecule has 3 nitrogen and oxygen atoms in total. The molecule has 0 unspecified atom stereocenters. The fourth-order valence-electron chi connectivity index (χ4n) is 1.78. The van der Waals surface area contributed by atoms with Gasteiger partial charge in [0, 0.05) is 5.02 Å². The normalized spacial score (nSPS) is 20.8. The summed E-state index contributed by atoms with van der Waals surface area (Å²) in [5.74, 6) is 0. The summed E-state index contributed by atoms with van der Waals surface area (Å²) in [6, 6.07) is 5.31. The molecule has 0 N–H and O–H groups in total. The minimum absolute atomic E-state index is 0.408. The summed E-state index contributed by atoms with van der Waals surface area (Å²) in [6.07, 6.45) is 0. The molecule has 0 amide bonds. The third kappa shape index (κ3) is 2.03. The van der Waals surface area contributed by atoms with Gasteiger partial charge in [-0.3, -0.25) is 0 Å². The van der Waals surface area contributed by atoms with Crippen molar-refractivity contribution in [3.05, 3.63) is 34.6 Å². The van der Waals surface area contributed by atoms with Gasteiger partial charge in [-0.2, -0.15) is 0 Å². The summed E-state index contributed by atoms with van der Waals surface area (Å²) in [4.78, 5) is 3.38. The van der Waals surface area contributed by atoms with Crippen molar-refractivity contribution in [3.63, 3.8) is 0 Å². The summed E-state index contributed by atoms with van der Waals surface area (Å²) < 4.78 is 11.8. The minimum atomic E-state index is -0.524. The Kier molecular flexibility index (Phi) is 3.18. The van der Waals surface area contributed by atoms with Gasteiger partial charge in [0.05, 0.1) is 17.8 Å². The van der Waals surface area contributed by atoms with E-state index in [2.05, 4.69) is 4.85 Å². The van der Waals surface area contributed by atoms with Gasteiger partial charge in [0.25, 0.3) is 0 Å². The monoisotopic (exact) mass is 263 g/mol. The molecule has 1 aliphatic rings. The van der Waals surface area contributed by atoms with Crippen LogP contribution in [0.2, 0.25) is 5.02 Å². The first-order valence-corrected chi connectivity index (χ1v) is 6.18. The fraction of sp³-hybridized carbons (Fsp3) is 0.462. The summed E-state index contributed by atoms with van der Waals surface area (Å²) in [5, 5.41) is 0.408. The van der Waals surface area contributed by atoms with Crippen molar-refractivity contribution in [1.29, 1.82) is 0 Å². The molecule has 2 rings (SSSR count). The molecule has 5 heteroatoms. The van der Waals surface area contributed by atoms with Crippen LogP contribution in [0.4, 0.5) is 5.69 Å². The molecular weight excluding hydrogens is 248 g/mol. The highest BCUT2D eigenvalue weighted by Crippen LogP contribution is 2.37. The minimum Gasteiger partial charge on any atom is -0.399 e. The first-order valence-electron chi connectivity index (χ1n) is 5.80. The molecule has 1 aliphatic heterocycles. The Morgan fingerprint density at radius 3 is 2.22 bits per heavy atom. The lowest BCUT2D eigenvalue weighted by molar-refractivity contribution is 0.00578. The van der Waals surface area contributed by atoms with Crippen LogP contribution in [0.5, 0.6) is 0 Å². The van der Waals surface area contributed by atoms with Gasteiger partial charge in [-0.15, -0.1) is 0 Å². The van der Waals surface area contributed by atoms with E-state index in [1.165, 1.54) is 0 Å².